The Morgan fingerprint density at radius 3 is 1.62 bits per heavy atom. The number of nitrogens with zero attached hydrogens (tertiary/aromatic N) is 1. The van der Waals surface area contributed by atoms with Crippen LogP contribution in [-0.4, -0.2) is 57.6 Å². The van der Waals surface area contributed by atoms with E-state index in [0.717, 1.165) is 16.7 Å². The van der Waals surface area contributed by atoms with Gasteiger partial charge in [-0.1, -0.05) is 91.9 Å². The van der Waals surface area contributed by atoms with E-state index in [1.54, 1.807) is 46.4 Å². The first-order chi connectivity index (χ1) is 23.3. The van der Waals surface area contributed by atoms with Crippen molar-refractivity contribution < 1.29 is 28.7 Å². The van der Waals surface area contributed by atoms with Crippen molar-refractivity contribution in [1.82, 2.24) is 15.5 Å². The van der Waals surface area contributed by atoms with Crippen molar-refractivity contribution in [2.24, 2.45) is 0 Å². The molecule has 270 valence electrons. The molecule has 0 aliphatic rings. The zero-order chi connectivity index (χ0) is 37.3. The fraction of sp³-hybridized carbons (Fsp3) is 0.463. The zero-order valence-corrected chi connectivity index (χ0v) is 31.3. The Balaban J connectivity index is 2.17. The van der Waals surface area contributed by atoms with Crippen LogP contribution < -0.4 is 10.6 Å². The second-order valence-electron chi connectivity index (χ2n) is 15.3. The molecule has 0 fully saturated rings. The minimum Gasteiger partial charge on any atom is -0.458 e. The van der Waals surface area contributed by atoms with Gasteiger partial charge in [-0.25, -0.2) is 9.59 Å². The van der Waals surface area contributed by atoms with Crippen LogP contribution in [0.15, 0.2) is 84.9 Å². The van der Waals surface area contributed by atoms with Gasteiger partial charge < -0.3 is 25.0 Å². The highest BCUT2D eigenvalue weighted by atomic mass is 16.6. The Hall–Kier alpha value is -4.66. The van der Waals surface area contributed by atoms with Crippen molar-refractivity contribution in [2.45, 2.75) is 123 Å². The van der Waals surface area contributed by atoms with Crippen LogP contribution in [-0.2, 0) is 36.7 Å². The van der Waals surface area contributed by atoms with Gasteiger partial charge in [0.1, 0.15) is 29.3 Å². The maximum absolute atomic E-state index is 15.1. The lowest BCUT2D eigenvalue weighted by atomic mass is 9.89. The quantitative estimate of drug-likeness (QED) is 0.183. The molecule has 3 unspecified atom stereocenters. The Kier molecular flexibility index (Phi) is 13.4. The molecule has 9 heteroatoms. The molecule has 3 rings (SSSR count). The van der Waals surface area contributed by atoms with Gasteiger partial charge in [-0.05, 0) is 91.0 Å². The number of amides is 3. The molecular weight excluding hydrogens is 630 g/mol. The van der Waals surface area contributed by atoms with Crippen molar-refractivity contribution in [3.63, 3.8) is 0 Å². The topological polar surface area (TPSA) is 114 Å². The van der Waals surface area contributed by atoms with Crippen LogP contribution in [0.3, 0.4) is 0 Å². The van der Waals surface area contributed by atoms with Gasteiger partial charge in [-0.15, -0.1) is 0 Å². The molecule has 0 spiro atoms. The number of carbonyl (C=O) groups excluding carboxylic acids is 4. The molecule has 3 aromatic carbocycles. The summed E-state index contributed by atoms with van der Waals surface area (Å²) in [6.07, 6.45) is 0.0829. The van der Waals surface area contributed by atoms with Gasteiger partial charge in [-0.3, -0.25) is 9.59 Å². The molecule has 3 aromatic rings. The van der Waals surface area contributed by atoms with Gasteiger partial charge in [0, 0.05) is 18.4 Å². The van der Waals surface area contributed by atoms with Gasteiger partial charge in [0.15, 0.2) is 0 Å². The smallest absolute Gasteiger partial charge is 0.408 e. The Morgan fingerprint density at radius 1 is 0.660 bits per heavy atom. The Labute approximate surface area is 298 Å². The minimum atomic E-state index is -1.17. The molecular formula is C41H55N3O6. The third-order valence-corrected chi connectivity index (χ3v) is 8.31. The van der Waals surface area contributed by atoms with E-state index in [9.17, 15) is 14.4 Å². The highest BCUT2D eigenvalue weighted by molar-refractivity contribution is 5.94. The van der Waals surface area contributed by atoms with Gasteiger partial charge in [-0.2, -0.15) is 0 Å². The molecule has 3 atom stereocenters. The summed E-state index contributed by atoms with van der Waals surface area (Å²) in [5, 5.41) is 5.80. The molecule has 0 saturated heterocycles. The van der Waals surface area contributed by atoms with E-state index in [2.05, 4.69) is 10.6 Å². The number of nitrogens with one attached hydrogen (secondary N) is 2. The third kappa shape index (κ3) is 11.7. The van der Waals surface area contributed by atoms with Gasteiger partial charge in [0.05, 0.1) is 0 Å². The lowest BCUT2D eigenvalue weighted by molar-refractivity contribution is -0.159. The van der Waals surface area contributed by atoms with Crippen molar-refractivity contribution in [1.29, 1.82) is 0 Å². The summed E-state index contributed by atoms with van der Waals surface area (Å²) < 4.78 is 11.4. The molecule has 50 heavy (non-hydrogen) atoms. The van der Waals surface area contributed by atoms with Crippen LogP contribution in [0.25, 0.3) is 0 Å². The summed E-state index contributed by atoms with van der Waals surface area (Å²) in [5.41, 5.74) is 0.560. The number of alkyl carbamates (subject to hydrolysis) is 1. The average Bonchev–Trinajstić information content (AvgIpc) is 3.02. The number of ether oxygens (including phenoxy) is 2. The van der Waals surface area contributed by atoms with Gasteiger partial charge >= 0.3 is 12.1 Å². The molecule has 2 N–H and O–H groups in total. The molecule has 0 aromatic heterocycles. The van der Waals surface area contributed by atoms with E-state index >= 15 is 4.79 Å². The monoisotopic (exact) mass is 685 g/mol. The fourth-order valence-corrected chi connectivity index (χ4v) is 5.57. The molecule has 0 bridgehead atoms. The van der Waals surface area contributed by atoms with Crippen LogP contribution in [0.2, 0.25) is 0 Å². The Bertz CT molecular complexity index is 1590. The maximum atomic E-state index is 15.1. The first-order valence-electron chi connectivity index (χ1n) is 17.3. The van der Waals surface area contributed by atoms with Gasteiger partial charge in [0.25, 0.3) is 0 Å². The van der Waals surface area contributed by atoms with Crippen molar-refractivity contribution >= 4 is 23.9 Å². The normalized spacial score (nSPS) is 13.7. The summed E-state index contributed by atoms with van der Waals surface area (Å²) >= 11 is 0. The summed E-state index contributed by atoms with van der Waals surface area (Å²) in [6, 6.07) is 22.9. The van der Waals surface area contributed by atoms with E-state index in [1.165, 1.54) is 0 Å². The predicted molar refractivity (Wildman–Crippen MR) is 196 cm³/mol. The zero-order valence-electron chi connectivity index (χ0n) is 31.3. The maximum Gasteiger partial charge on any atom is 0.408 e. The molecule has 0 radical (unpaired) electrons. The standard InChI is InChI=1S/C41H55N3O6/c1-11-41(9,10)44(36(46)32(26-29-21-14-12-15-22-29)43-38(48)50-40(6,7)8)34(31-25-19-18-20-28(31)2)35(45)42-33(37(47)49-39(3,4)5)27-30-23-16-13-17-24-30/h12-25,32-34H,11,26-27H2,1-10H3,(H,42,45)(H,43,48). The van der Waals surface area contributed by atoms with E-state index < -0.39 is 58.7 Å². The molecule has 3 amide bonds. The molecule has 0 saturated carbocycles. The summed E-state index contributed by atoms with van der Waals surface area (Å²) in [5.74, 6) is -1.59. The van der Waals surface area contributed by atoms with Crippen LogP contribution in [0, 0.1) is 6.92 Å². The first-order valence-corrected chi connectivity index (χ1v) is 17.3. The van der Waals surface area contributed by atoms with Crippen LogP contribution in [0.5, 0.6) is 0 Å². The van der Waals surface area contributed by atoms with E-state index in [-0.39, 0.29) is 12.8 Å². The average molecular weight is 686 g/mol. The van der Waals surface area contributed by atoms with Crippen LogP contribution >= 0.6 is 0 Å². The molecule has 0 heterocycles. The van der Waals surface area contributed by atoms with Crippen LogP contribution in [0.1, 0.15) is 97.0 Å². The first kappa shape index (κ1) is 39.8. The van der Waals surface area contributed by atoms with Crippen molar-refractivity contribution in [3.05, 3.63) is 107 Å². The van der Waals surface area contributed by atoms with Crippen LogP contribution in [0.4, 0.5) is 4.79 Å². The number of hydrogen-bond acceptors (Lipinski definition) is 6. The highest BCUT2D eigenvalue weighted by Crippen LogP contribution is 2.34. The lowest BCUT2D eigenvalue weighted by Crippen LogP contribution is -2.61. The Morgan fingerprint density at radius 2 is 1.14 bits per heavy atom. The summed E-state index contributed by atoms with van der Waals surface area (Å²) in [6.45, 7) is 18.2. The van der Waals surface area contributed by atoms with E-state index in [1.807, 2.05) is 113 Å². The summed E-state index contributed by atoms with van der Waals surface area (Å²) in [7, 11) is 0. The van der Waals surface area contributed by atoms with E-state index in [4.69, 9.17) is 9.47 Å². The van der Waals surface area contributed by atoms with Crippen molar-refractivity contribution in [2.75, 3.05) is 0 Å². The van der Waals surface area contributed by atoms with Crippen molar-refractivity contribution in [3.8, 4) is 0 Å². The third-order valence-electron chi connectivity index (χ3n) is 8.31. The number of benzene rings is 3. The largest absolute Gasteiger partial charge is 0.458 e. The number of rotatable bonds is 13. The van der Waals surface area contributed by atoms with Gasteiger partial charge in [0.2, 0.25) is 11.8 Å². The predicted octanol–water partition coefficient (Wildman–Crippen LogP) is 7.26. The molecule has 0 aliphatic carbocycles. The molecule has 9 nitrogen and oxygen atoms in total. The second kappa shape index (κ2) is 16.8. The number of hydrogen-bond donors (Lipinski definition) is 2. The lowest BCUT2D eigenvalue weighted by Gasteiger charge is -2.45. The number of esters is 1. The van der Waals surface area contributed by atoms with E-state index in [0.29, 0.717) is 12.0 Å². The number of carbonyl (C=O) groups is 4. The summed E-state index contributed by atoms with van der Waals surface area (Å²) in [4.78, 5) is 58.3. The number of aryl methyl sites for hydroxylation is 1. The SMILES string of the molecule is CCC(C)(C)N(C(=O)C(Cc1ccccc1)NC(=O)OC(C)(C)C)C(C(=O)NC(Cc1ccccc1)C(=O)OC(C)(C)C)c1ccccc1C. The minimum absolute atomic E-state index is 0.159. The molecule has 0 aliphatic heterocycles. The second-order valence-corrected chi connectivity index (χ2v) is 15.3. The fourth-order valence-electron chi connectivity index (χ4n) is 5.57. The highest BCUT2D eigenvalue weighted by Gasteiger charge is 2.44.